The fourth-order valence-electron chi connectivity index (χ4n) is 1.52. The monoisotopic (exact) mass is 335 g/mol. The number of carbonyl (C=O) groups excluding carboxylic acids is 1. The number of hydrogen-bond donors (Lipinski definition) is 2. The number of anilines is 1. The topological polar surface area (TPSA) is 93.5 Å². The molecule has 7 nitrogen and oxygen atoms in total. The van der Waals surface area contributed by atoms with Gasteiger partial charge in [-0.15, -0.1) is 0 Å². The molecule has 116 valence electrons. The molecule has 0 aliphatic carbocycles. The van der Waals surface area contributed by atoms with Gasteiger partial charge in [-0.2, -0.15) is 0 Å². The average molecular weight is 336 g/mol. The molecule has 1 rings (SSSR count). The Labute approximate surface area is 131 Å². The molecule has 0 saturated heterocycles. The van der Waals surface area contributed by atoms with Crippen LogP contribution >= 0.6 is 23.2 Å². The average Bonchev–Trinajstić information content (AvgIpc) is 2.41. The predicted octanol–water partition coefficient (Wildman–Crippen LogP) is 2.47. The molecular weight excluding hydrogens is 321 g/mol. The molecule has 0 fully saturated rings. The van der Waals surface area contributed by atoms with Gasteiger partial charge in [-0.25, -0.2) is 0 Å². The molecule has 0 atom stereocenters. The minimum absolute atomic E-state index is 0.133. The molecule has 0 aliphatic rings. The lowest BCUT2D eigenvalue weighted by molar-refractivity contribution is -0.384. The summed E-state index contributed by atoms with van der Waals surface area (Å²) in [4.78, 5) is 21.5. The van der Waals surface area contributed by atoms with Crippen LogP contribution in [0.25, 0.3) is 0 Å². The van der Waals surface area contributed by atoms with Crippen LogP contribution in [0.1, 0.15) is 6.42 Å². The standard InChI is InChI=1S/C12H15Cl2N3O4/c1-21-5-4-15-11(18)2-3-16-12-9(13)6-8(17(19)20)7-10(12)14/h6-7,16H,2-5H2,1H3,(H,15,18). The van der Waals surface area contributed by atoms with E-state index in [9.17, 15) is 14.9 Å². The van der Waals surface area contributed by atoms with Crippen molar-refractivity contribution in [1.82, 2.24) is 5.32 Å². The largest absolute Gasteiger partial charge is 0.383 e. The fourth-order valence-corrected chi connectivity index (χ4v) is 2.13. The molecule has 0 unspecified atom stereocenters. The van der Waals surface area contributed by atoms with Gasteiger partial charge in [-0.1, -0.05) is 23.2 Å². The fraction of sp³-hybridized carbons (Fsp3) is 0.417. The molecule has 1 aromatic carbocycles. The third-order valence-electron chi connectivity index (χ3n) is 2.52. The molecule has 0 aliphatic heterocycles. The highest BCUT2D eigenvalue weighted by Crippen LogP contribution is 2.34. The lowest BCUT2D eigenvalue weighted by atomic mass is 10.2. The molecule has 1 amide bonds. The highest BCUT2D eigenvalue weighted by atomic mass is 35.5. The number of ether oxygens (including phenoxy) is 1. The first-order valence-electron chi connectivity index (χ1n) is 6.08. The molecule has 0 heterocycles. The van der Waals surface area contributed by atoms with Crippen LogP contribution < -0.4 is 10.6 Å². The first-order chi connectivity index (χ1) is 9.95. The summed E-state index contributed by atoms with van der Waals surface area (Å²) in [5.41, 5.74) is 0.182. The Morgan fingerprint density at radius 2 is 1.95 bits per heavy atom. The highest BCUT2D eigenvalue weighted by molar-refractivity contribution is 6.39. The Balaban J connectivity index is 2.52. The van der Waals surface area contributed by atoms with Crippen LogP contribution in [-0.4, -0.2) is 37.6 Å². The maximum Gasteiger partial charge on any atom is 0.272 e. The molecule has 9 heteroatoms. The summed E-state index contributed by atoms with van der Waals surface area (Å²) in [6, 6.07) is 2.41. The van der Waals surface area contributed by atoms with Crippen molar-refractivity contribution >= 4 is 40.5 Å². The zero-order valence-electron chi connectivity index (χ0n) is 11.3. The van der Waals surface area contributed by atoms with E-state index in [0.29, 0.717) is 25.4 Å². The van der Waals surface area contributed by atoms with Crippen LogP contribution in [0, 0.1) is 10.1 Å². The first kappa shape index (κ1) is 17.5. The second-order valence-corrected chi connectivity index (χ2v) is 4.88. The molecule has 0 spiro atoms. The number of benzene rings is 1. The molecule has 21 heavy (non-hydrogen) atoms. The van der Waals surface area contributed by atoms with E-state index in [1.807, 2.05) is 0 Å². The predicted molar refractivity (Wildman–Crippen MR) is 81.1 cm³/mol. The van der Waals surface area contributed by atoms with E-state index in [2.05, 4.69) is 10.6 Å². The number of hydrogen-bond acceptors (Lipinski definition) is 5. The Morgan fingerprint density at radius 3 is 2.48 bits per heavy atom. The summed E-state index contributed by atoms with van der Waals surface area (Å²) in [6.07, 6.45) is 0.216. The Morgan fingerprint density at radius 1 is 1.33 bits per heavy atom. The van der Waals surface area contributed by atoms with Crippen LogP contribution in [0.3, 0.4) is 0 Å². The molecule has 0 bridgehead atoms. The first-order valence-corrected chi connectivity index (χ1v) is 6.84. The normalized spacial score (nSPS) is 10.2. The lowest BCUT2D eigenvalue weighted by Crippen LogP contribution is -2.28. The van der Waals surface area contributed by atoms with Crippen molar-refractivity contribution in [1.29, 1.82) is 0 Å². The number of nitrogens with zero attached hydrogens (tertiary/aromatic N) is 1. The van der Waals surface area contributed by atoms with Gasteiger partial charge in [-0.3, -0.25) is 14.9 Å². The number of nitrogens with one attached hydrogen (secondary N) is 2. The number of carbonyl (C=O) groups is 1. The van der Waals surface area contributed by atoms with Crippen molar-refractivity contribution in [3.05, 3.63) is 32.3 Å². The molecule has 2 N–H and O–H groups in total. The number of nitro benzene ring substituents is 1. The van der Waals surface area contributed by atoms with Gasteiger partial charge in [0.05, 0.1) is 27.3 Å². The number of methoxy groups -OCH3 is 1. The SMILES string of the molecule is COCCNC(=O)CCNc1c(Cl)cc([N+](=O)[O-])cc1Cl. The molecule has 0 radical (unpaired) electrons. The number of nitro groups is 1. The number of rotatable bonds is 8. The van der Waals surface area contributed by atoms with E-state index >= 15 is 0 Å². The Bertz CT molecular complexity index is 502. The second-order valence-electron chi connectivity index (χ2n) is 4.06. The van der Waals surface area contributed by atoms with Crippen molar-refractivity contribution in [3.8, 4) is 0 Å². The highest BCUT2D eigenvalue weighted by Gasteiger charge is 2.14. The van der Waals surface area contributed by atoms with Gasteiger partial charge in [0, 0.05) is 38.8 Å². The van der Waals surface area contributed by atoms with Crippen molar-refractivity contribution < 1.29 is 14.5 Å². The van der Waals surface area contributed by atoms with Gasteiger partial charge in [0.15, 0.2) is 0 Å². The third-order valence-corrected chi connectivity index (χ3v) is 3.12. The quantitative estimate of drug-likeness (QED) is 0.432. The minimum atomic E-state index is -0.579. The number of amides is 1. The Kier molecular flexibility index (Phi) is 7.21. The summed E-state index contributed by atoms with van der Waals surface area (Å²) < 4.78 is 4.81. The maximum atomic E-state index is 11.5. The van der Waals surface area contributed by atoms with Gasteiger partial charge in [0.2, 0.25) is 5.91 Å². The van der Waals surface area contributed by atoms with E-state index in [-0.39, 0.29) is 28.1 Å². The molecule has 0 saturated carbocycles. The number of non-ortho nitro benzene ring substituents is 1. The van der Waals surface area contributed by atoms with Crippen LogP contribution in [0.2, 0.25) is 10.0 Å². The summed E-state index contributed by atoms with van der Waals surface area (Å²) in [5.74, 6) is -0.145. The summed E-state index contributed by atoms with van der Waals surface area (Å²) in [6.45, 7) is 1.18. The van der Waals surface area contributed by atoms with Crippen LogP contribution in [0.5, 0.6) is 0 Å². The van der Waals surface area contributed by atoms with E-state index in [1.54, 1.807) is 7.11 Å². The van der Waals surface area contributed by atoms with Crippen molar-refractivity contribution in [2.75, 3.05) is 32.1 Å². The smallest absolute Gasteiger partial charge is 0.272 e. The van der Waals surface area contributed by atoms with E-state index in [4.69, 9.17) is 27.9 Å². The van der Waals surface area contributed by atoms with Gasteiger partial charge >= 0.3 is 0 Å². The second kappa shape index (κ2) is 8.66. The molecular formula is C12H15Cl2N3O4. The van der Waals surface area contributed by atoms with Gasteiger partial charge < -0.3 is 15.4 Å². The van der Waals surface area contributed by atoms with Crippen LogP contribution in [0.4, 0.5) is 11.4 Å². The Hall–Kier alpha value is -1.57. The van der Waals surface area contributed by atoms with Crippen molar-refractivity contribution in [2.45, 2.75) is 6.42 Å². The zero-order valence-corrected chi connectivity index (χ0v) is 12.8. The third kappa shape index (κ3) is 5.74. The minimum Gasteiger partial charge on any atom is -0.383 e. The maximum absolute atomic E-state index is 11.5. The van der Waals surface area contributed by atoms with Crippen molar-refractivity contribution in [2.24, 2.45) is 0 Å². The molecule has 0 aromatic heterocycles. The molecule has 1 aromatic rings. The van der Waals surface area contributed by atoms with Crippen LogP contribution in [-0.2, 0) is 9.53 Å². The lowest BCUT2D eigenvalue weighted by Gasteiger charge is -2.10. The van der Waals surface area contributed by atoms with E-state index < -0.39 is 4.92 Å². The van der Waals surface area contributed by atoms with E-state index in [0.717, 1.165) is 0 Å². The zero-order chi connectivity index (χ0) is 15.8. The van der Waals surface area contributed by atoms with Gasteiger partial charge in [0.1, 0.15) is 0 Å². The van der Waals surface area contributed by atoms with Gasteiger partial charge in [-0.05, 0) is 0 Å². The summed E-state index contributed by atoms with van der Waals surface area (Å²) in [7, 11) is 1.55. The van der Waals surface area contributed by atoms with Crippen molar-refractivity contribution in [3.63, 3.8) is 0 Å². The van der Waals surface area contributed by atoms with Gasteiger partial charge in [0.25, 0.3) is 5.69 Å². The summed E-state index contributed by atoms with van der Waals surface area (Å²) >= 11 is 11.9. The van der Waals surface area contributed by atoms with Crippen LogP contribution in [0.15, 0.2) is 12.1 Å². The van der Waals surface area contributed by atoms with E-state index in [1.165, 1.54) is 12.1 Å². The summed E-state index contributed by atoms with van der Waals surface area (Å²) in [5, 5.41) is 16.5. The number of halogens is 2.